The lowest BCUT2D eigenvalue weighted by molar-refractivity contribution is 0.370. The van der Waals surface area contributed by atoms with Crippen molar-refractivity contribution in [3.63, 3.8) is 0 Å². The molecule has 0 amide bonds. The highest BCUT2D eigenvalue weighted by molar-refractivity contribution is 4.58. The first-order valence-corrected chi connectivity index (χ1v) is 6.57. The minimum absolute atomic E-state index is 0.865. The summed E-state index contributed by atoms with van der Waals surface area (Å²) in [5, 5.41) is 0. The molecule has 0 rings (SSSR count). The molecule has 0 saturated carbocycles. The van der Waals surface area contributed by atoms with Crippen LogP contribution in [0.15, 0.2) is 0 Å². The number of hydrogen-bond acceptors (Lipinski definition) is 0. The molecule has 0 heterocycles. The van der Waals surface area contributed by atoms with Gasteiger partial charge in [0, 0.05) is 0 Å². The smallest absolute Gasteiger partial charge is 0.0420 e. The summed E-state index contributed by atoms with van der Waals surface area (Å²) < 4.78 is 0. The van der Waals surface area contributed by atoms with Gasteiger partial charge in [-0.05, 0) is 17.8 Å². The highest BCUT2D eigenvalue weighted by atomic mass is 14.1. The van der Waals surface area contributed by atoms with Crippen molar-refractivity contribution in [1.29, 1.82) is 0 Å². The third-order valence-corrected chi connectivity index (χ3v) is 3.69. The quantitative estimate of drug-likeness (QED) is 0.466. The van der Waals surface area contributed by atoms with Gasteiger partial charge in [0.2, 0.25) is 0 Å². The zero-order valence-corrected chi connectivity index (χ0v) is 11.0. The Kier molecular flexibility index (Phi) is 8.32. The predicted octanol–water partition coefficient (Wildman–Crippen LogP) is 5.28. The Morgan fingerprint density at radius 2 is 1.36 bits per heavy atom. The van der Waals surface area contributed by atoms with Crippen LogP contribution in [-0.4, -0.2) is 0 Å². The molecule has 2 unspecified atom stereocenters. The van der Waals surface area contributed by atoms with E-state index < -0.39 is 0 Å². The SMILES string of the molecule is CCC(C)CCCCCC(C)C(C)C. The second kappa shape index (κ2) is 8.32. The zero-order chi connectivity index (χ0) is 11.0. The number of rotatable bonds is 8. The van der Waals surface area contributed by atoms with E-state index in [9.17, 15) is 0 Å². The fourth-order valence-electron chi connectivity index (χ4n) is 1.67. The molecule has 0 spiro atoms. The standard InChI is InChI=1S/C14H30/c1-6-13(4)10-8-7-9-11-14(5)12(2)3/h12-14H,6-11H2,1-5H3. The molecule has 0 heteroatoms. The molecule has 14 heavy (non-hydrogen) atoms. The van der Waals surface area contributed by atoms with Crippen molar-refractivity contribution >= 4 is 0 Å². The van der Waals surface area contributed by atoms with Gasteiger partial charge >= 0.3 is 0 Å². The number of unbranched alkanes of at least 4 members (excludes halogenated alkanes) is 2. The fraction of sp³-hybridized carbons (Fsp3) is 1.00. The molecule has 0 aliphatic carbocycles. The first-order chi connectivity index (χ1) is 6.57. The zero-order valence-electron chi connectivity index (χ0n) is 11.0. The molecular formula is C14H30. The van der Waals surface area contributed by atoms with Crippen molar-refractivity contribution in [3.8, 4) is 0 Å². The third-order valence-electron chi connectivity index (χ3n) is 3.69. The first-order valence-electron chi connectivity index (χ1n) is 6.57. The van der Waals surface area contributed by atoms with E-state index in [1.54, 1.807) is 0 Å². The lowest BCUT2D eigenvalue weighted by atomic mass is 9.91. The Morgan fingerprint density at radius 3 is 1.86 bits per heavy atom. The highest BCUT2D eigenvalue weighted by Gasteiger charge is 2.06. The van der Waals surface area contributed by atoms with Gasteiger partial charge in [-0.15, -0.1) is 0 Å². The molecule has 0 N–H and O–H groups in total. The summed E-state index contributed by atoms with van der Waals surface area (Å²) in [4.78, 5) is 0. The van der Waals surface area contributed by atoms with Gasteiger partial charge in [-0.2, -0.15) is 0 Å². The maximum atomic E-state index is 2.39. The molecule has 0 aromatic carbocycles. The van der Waals surface area contributed by atoms with Crippen LogP contribution in [0.1, 0.15) is 73.1 Å². The molecule has 0 radical (unpaired) electrons. The van der Waals surface area contributed by atoms with Crippen LogP contribution < -0.4 is 0 Å². The van der Waals surface area contributed by atoms with E-state index in [-0.39, 0.29) is 0 Å². The van der Waals surface area contributed by atoms with Gasteiger partial charge < -0.3 is 0 Å². The summed E-state index contributed by atoms with van der Waals surface area (Å²) in [7, 11) is 0. The molecule has 0 bridgehead atoms. The molecule has 0 aliphatic heterocycles. The minimum atomic E-state index is 0.865. The van der Waals surface area contributed by atoms with Crippen molar-refractivity contribution in [1.82, 2.24) is 0 Å². The van der Waals surface area contributed by atoms with Gasteiger partial charge in [-0.3, -0.25) is 0 Å². The van der Waals surface area contributed by atoms with E-state index in [1.165, 1.54) is 38.5 Å². The number of hydrogen-bond donors (Lipinski definition) is 0. The Morgan fingerprint density at radius 1 is 0.786 bits per heavy atom. The summed E-state index contributed by atoms with van der Waals surface area (Å²) in [6.07, 6.45) is 8.55. The van der Waals surface area contributed by atoms with Crippen LogP contribution in [0.25, 0.3) is 0 Å². The van der Waals surface area contributed by atoms with Gasteiger partial charge in [0.1, 0.15) is 0 Å². The molecule has 2 atom stereocenters. The van der Waals surface area contributed by atoms with Gasteiger partial charge in [0.05, 0.1) is 0 Å². The predicted molar refractivity (Wildman–Crippen MR) is 66.5 cm³/mol. The van der Waals surface area contributed by atoms with E-state index in [4.69, 9.17) is 0 Å². The van der Waals surface area contributed by atoms with Crippen molar-refractivity contribution in [2.24, 2.45) is 17.8 Å². The minimum Gasteiger partial charge on any atom is -0.0651 e. The van der Waals surface area contributed by atoms with Gasteiger partial charge in [-0.1, -0.05) is 73.1 Å². The maximum absolute atomic E-state index is 2.39. The average molecular weight is 198 g/mol. The van der Waals surface area contributed by atoms with E-state index in [0.29, 0.717) is 0 Å². The molecule has 0 fully saturated rings. The molecule has 0 aromatic heterocycles. The Hall–Kier alpha value is 0. The van der Waals surface area contributed by atoms with Crippen molar-refractivity contribution < 1.29 is 0 Å². The second-order valence-electron chi connectivity index (χ2n) is 5.37. The van der Waals surface area contributed by atoms with Crippen molar-refractivity contribution in [2.45, 2.75) is 73.1 Å². The van der Waals surface area contributed by atoms with Crippen LogP contribution in [0.3, 0.4) is 0 Å². The molecule has 0 saturated heterocycles. The van der Waals surface area contributed by atoms with Crippen molar-refractivity contribution in [3.05, 3.63) is 0 Å². The molecule has 0 aliphatic rings. The summed E-state index contributed by atoms with van der Waals surface area (Å²) in [5.74, 6) is 2.72. The summed E-state index contributed by atoms with van der Waals surface area (Å²) in [6, 6.07) is 0. The lowest BCUT2D eigenvalue weighted by Crippen LogP contribution is -2.03. The van der Waals surface area contributed by atoms with Crippen LogP contribution in [-0.2, 0) is 0 Å². The molecule has 86 valence electrons. The van der Waals surface area contributed by atoms with Gasteiger partial charge in [0.15, 0.2) is 0 Å². The summed E-state index contributed by atoms with van der Waals surface area (Å²) >= 11 is 0. The van der Waals surface area contributed by atoms with Crippen LogP contribution in [0.4, 0.5) is 0 Å². The van der Waals surface area contributed by atoms with E-state index in [0.717, 1.165) is 17.8 Å². The van der Waals surface area contributed by atoms with E-state index >= 15 is 0 Å². The molecular weight excluding hydrogens is 168 g/mol. The Labute approximate surface area is 91.5 Å². The van der Waals surface area contributed by atoms with Crippen molar-refractivity contribution in [2.75, 3.05) is 0 Å². The topological polar surface area (TPSA) is 0 Å². The normalized spacial score (nSPS) is 15.9. The van der Waals surface area contributed by atoms with Gasteiger partial charge in [-0.25, -0.2) is 0 Å². The van der Waals surface area contributed by atoms with E-state index in [1.807, 2.05) is 0 Å². The Bertz CT molecular complexity index is 115. The molecule has 0 aromatic rings. The fourth-order valence-corrected chi connectivity index (χ4v) is 1.67. The monoisotopic (exact) mass is 198 g/mol. The van der Waals surface area contributed by atoms with Crippen LogP contribution in [0.2, 0.25) is 0 Å². The first kappa shape index (κ1) is 14.0. The summed E-state index contributed by atoms with van der Waals surface area (Å²) in [5.41, 5.74) is 0. The third kappa shape index (κ3) is 7.41. The summed E-state index contributed by atoms with van der Waals surface area (Å²) in [6.45, 7) is 11.7. The van der Waals surface area contributed by atoms with Gasteiger partial charge in [0.25, 0.3) is 0 Å². The van der Waals surface area contributed by atoms with Crippen LogP contribution >= 0.6 is 0 Å². The van der Waals surface area contributed by atoms with Crippen LogP contribution in [0, 0.1) is 17.8 Å². The highest BCUT2D eigenvalue weighted by Crippen LogP contribution is 2.19. The Balaban J connectivity index is 3.21. The van der Waals surface area contributed by atoms with E-state index in [2.05, 4.69) is 34.6 Å². The molecule has 0 nitrogen and oxygen atoms in total. The van der Waals surface area contributed by atoms with Crippen LogP contribution in [0.5, 0.6) is 0 Å². The average Bonchev–Trinajstić information content (AvgIpc) is 2.16. The lowest BCUT2D eigenvalue weighted by Gasteiger charge is -2.15. The second-order valence-corrected chi connectivity index (χ2v) is 5.37. The largest absolute Gasteiger partial charge is 0.0651 e. The maximum Gasteiger partial charge on any atom is -0.0420 e.